The van der Waals surface area contributed by atoms with Crippen LogP contribution in [-0.2, 0) is 36.1 Å². The van der Waals surface area contributed by atoms with Crippen LogP contribution < -0.4 is 47.3 Å². The molecule has 3 aromatic carbocycles. The van der Waals surface area contributed by atoms with Crippen LogP contribution in [0.25, 0.3) is 0 Å². The number of fused-ring (bicyclic) bond motifs is 1. The number of nitrogens with one attached hydrogen (secondary N) is 3. The Morgan fingerprint density at radius 2 is 1.48 bits per heavy atom. The molecule has 0 aliphatic carbocycles. The van der Waals surface area contributed by atoms with Crippen LogP contribution in [0.5, 0.6) is 17.2 Å². The third-order valence-electron chi connectivity index (χ3n) is 9.64. The van der Waals surface area contributed by atoms with Crippen molar-refractivity contribution < 1.29 is 55.0 Å². The van der Waals surface area contributed by atoms with Crippen molar-refractivity contribution in [2.75, 3.05) is 13.1 Å². The maximum absolute atomic E-state index is 14.5. The quantitative estimate of drug-likeness (QED) is 0.0309. The summed E-state index contributed by atoms with van der Waals surface area (Å²) in [7, 11) is -8.50. The lowest BCUT2D eigenvalue weighted by atomic mass is 9.88. The van der Waals surface area contributed by atoms with Crippen LogP contribution in [-0.4, -0.2) is 81.7 Å². The van der Waals surface area contributed by atoms with Gasteiger partial charge in [-0.05, 0) is 127 Å². The lowest BCUT2D eigenvalue weighted by Crippen LogP contribution is -2.45. The number of nitrogens with zero attached hydrogens (tertiary/aromatic N) is 2. The normalized spacial score (nSPS) is 14.5. The number of amides is 1. The van der Waals surface area contributed by atoms with Crippen molar-refractivity contribution in [2.24, 2.45) is 32.9 Å². The summed E-state index contributed by atoms with van der Waals surface area (Å²) in [4.78, 5) is 29.6. The highest BCUT2D eigenvalue weighted by atomic mass is 32.2. The van der Waals surface area contributed by atoms with E-state index in [-0.39, 0.29) is 60.5 Å². The van der Waals surface area contributed by atoms with Gasteiger partial charge >= 0.3 is 5.97 Å². The van der Waals surface area contributed by atoms with Crippen molar-refractivity contribution in [1.82, 2.24) is 14.9 Å². The molecular formula is C39H55F2N9O10S2. The Hall–Kier alpha value is -5.62. The molecule has 1 aliphatic heterocycles. The summed E-state index contributed by atoms with van der Waals surface area (Å²) in [6.07, 6.45) is 2.17. The molecule has 342 valence electrons. The van der Waals surface area contributed by atoms with E-state index in [4.69, 9.17) is 42.7 Å². The minimum absolute atomic E-state index is 0.0908. The van der Waals surface area contributed by atoms with Crippen molar-refractivity contribution in [1.29, 1.82) is 0 Å². The largest absolute Gasteiger partial charge is 0.487 e. The minimum Gasteiger partial charge on any atom is -0.487 e. The molecule has 0 fully saturated rings. The molecule has 0 aromatic heterocycles. The summed E-state index contributed by atoms with van der Waals surface area (Å²) < 4.78 is 96.0. The Balaban J connectivity index is 0.000000331. The molecule has 0 spiro atoms. The number of aryl methyl sites for hydroxylation is 1. The van der Waals surface area contributed by atoms with Crippen LogP contribution in [0.1, 0.15) is 73.8 Å². The smallest absolute Gasteiger partial charge is 0.320 e. The van der Waals surface area contributed by atoms with E-state index >= 15 is 0 Å². The lowest BCUT2D eigenvalue weighted by molar-refractivity contribution is -0.138. The van der Waals surface area contributed by atoms with E-state index in [1.54, 1.807) is 26.0 Å². The van der Waals surface area contributed by atoms with E-state index in [0.29, 0.717) is 29.7 Å². The summed E-state index contributed by atoms with van der Waals surface area (Å²) in [5, 5.41) is 17.6. The number of rotatable bonds is 17. The van der Waals surface area contributed by atoms with Crippen LogP contribution in [0.4, 0.5) is 8.78 Å². The van der Waals surface area contributed by atoms with Crippen LogP contribution in [0.2, 0.25) is 0 Å². The zero-order chi connectivity index (χ0) is 46.7. The third kappa shape index (κ3) is 14.0. The van der Waals surface area contributed by atoms with Gasteiger partial charge in [0, 0.05) is 13.1 Å². The first-order valence-electron chi connectivity index (χ1n) is 19.2. The molecule has 62 heavy (non-hydrogen) atoms. The average molecular weight is 912 g/mol. The van der Waals surface area contributed by atoms with E-state index in [9.17, 15) is 35.2 Å². The number of hydroxylamine groups is 1. The van der Waals surface area contributed by atoms with Gasteiger partial charge in [0.05, 0.1) is 9.79 Å². The van der Waals surface area contributed by atoms with E-state index < -0.39 is 66.3 Å². The number of sulfonamides is 2. The molecular weight excluding hydrogens is 857 g/mol. The van der Waals surface area contributed by atoms with Gasteiger partial charge in [-0.3, -0.25) is 24.8 Å². The lowest BCUT2D eigenvalue weighted by Gasteiger charge is -2.35. The number of hydrogen-bond donors (Lipinski definition) is 9. The number of guanidine groups is 2. The van der Waals surface area contributed by atoms with E-state index in [2.05, 4.69) is 14.7 Å². The maximum Gasteiger partial charge on any atom is 0.320 e. The second-order valence-electron chi connectivity index (χ2n) is 15.1. The number of ether oxygens (including phenoxy) is 2. The Kier molecular flexibility index (Phi) is 17.6. The van der Waals surface area contributed by atoms with Crippen molar-refractivity contribution in [2.45, 2.75) is 108 Å². The van der Waals surface area contributed by atoms with Crippen molar-refractivity contribution in [3.63, 3.8) is 0 Å². The number of benzene rings is 3. The molecule has 0 saturated carbocycles. The van der Waals surface area contributed by atoms with E-state index in [1.165, 1.54) is 17.6 Å². The first-order chi connectivity index (χ1) is 28.8. The fraction of sp³-hybridized carbons (Fsp3) is 0.436. The standard InChI is InChI=1S/C20H32N4O5S.C19H23F2N5O5S/c1-11-12(2)17(13(3)14-8-9-20(4,5)29-16(11)14)30(27,28)24-19(22)23-10-6-7-15(21)18(25)26;1-11-4-6-12(7-5-11)31-17-14(20)9-13(10-15(17)21)32(29,30)26-16(18(27)25-28)3-2-8-24-19(22)23/h15H,6-10,21H2,1-5H3,(H,25,26)(H3,22,23,24);4-7,9-10,16,26,28H,2-3,8H2,1H3,(H,25,27)(H4,22,23,24)/t15-;16-/m11/s1. The van der Waals surface area contributed by atoms with Gasteiger partial charge in [-0.15, -0.1) is 0 Å². The molecule has 2 atom stereocenters. The topological polar surface area (TPSA) is 326 Å². The van der Waals surface area contributed by atoms with Gasteiger partial charge < -0.3 is 37.5 Å². The molecule has 0 saturated heterocycles. The summed E-state index contributed by atoms with van der Waals surface area (Å²) in [5.74, 6) is -4.98. The Bertz CT molecular complexity index is 2370. The SMILES string of the molecule is Cc1c(C)c(S(=O)(=O)NC(N)=NCCC[C@@H](N)C(=O)O)c(C)c2c1OC(C)(C)CC2.Cc1ccc(Oc2c(F)cc(S(=O)(=O)N[C@H](CCCN=C(N)N)C(=O)NO)cc2F)cc1. The molecule has 13 N–H and O–H groups in total. The molecule has 0 unspecified atom stereocenters. The maximum atomic E-state index is 14.5. The predicted molar refractivity (Wildman–Crippen MR) is 227 cm³/mol. The predicted octanol–water partition coefficient (Wildman–Crippen LogP) is 2.77. The van der Waals surface area contributed by atoms with Crippen LogP contribution >= 0.6 is 0 Å². The van der Waals surface area contributed by atoms with Gasteiger partial charge in [0.15, 0.2) is 23.3 Å². The van der Waals surface area contributed by atoms with Gasteiger partial charge in [-0.25, -0.2) is 35.8 Å². The third-order valence-corrected chi connectivity index (χ3v) is 12.7. The Morgan fingerprint density at radius 3 is 2.05 bits per heavy atom. The number of aliphatic carboxylic acids is 1. The molecule has 1 aliphatic rings. The van der Waals surface area contributed by atoms with Gasteiger partial charge in [-0.1, -0.05) is 17.7 Å². The summed E-state index contributed by atoms with van der Waals surface area (Å²) in [6, 6.07) is 5.04. The highest BCUT2D eigenvalue weighted by molar-refractivity contribution is 7.90. The molecule has 1 heterocycles. The first kappa shape index (κ1) is 50.7. The van der Waals surface area contributed by atoms with Crippen molar-refractivity contribution in [3.05, 3.63) is 75.8 Å². The number of carboxylic acid groups (broad SMARTS) is 1. The Morgan fingerprint density at radius 1 is 0.903 bits per heavy atom. The molecule has 0 bridgehead atoms. The number of carbonyl (C=O) groups is 2. The summed E-state index contributed by atoms with van der Waals surface area (Å²) in [6.45, 7) is 11.5. The number of nitrogens with two attached hydrogens (primary N) is 4. The van der Waals surface area contributed by atoms with Crippen molar-refractivity contribution in [3.8, 4) is 17.2 Å². The van der Waals surface area contributed by atoms with E-state index in [0.717, 1.165) is 35.3 Å². The highest BCUT2D eigenvalue weighted by Crippen LogP contribution is 2.42. The average Bonchev–Trinajstić information content (AvgIpc) is 3.17. The second-order valence-corrected chi connectivity index (χ2v) is 18.4. The number of aliphatic imine (C=N–C) groups is 2. The monoisotopic (exact) mass is 911 g/mol. The van der Waals surface area contributed by atoms with Gasteiger partial charge in [0.25, 0.3) is 15.9 Å². The number of halogens is 2. The van der Waals surface area contributed by atoms with Crippen molar-refractivity contribution >= 4 is 43.8 Å². The molecule has 3 aromatic rings. The number of hydrogen-bond acceptors (Lipinski definition) is 12. The minimum atomic E-state index is -4.55. The number of carboxylic acids is 1. The Labute approximate surface area is 359 Å². The fourth-order valence-electron chi connectivity index (χ4n) is 6.20. The van der Waals surface area contributed by atoms with E-state index in [1.807, 2.05) is 32.4 Å². The fourth-order valence-corrected chi connectivity index (χ4v) is 8.98. The van der Waals surface area contributed by atoms with Gasteiger partial charge in [0.2, 0.25) is 16.0 Å². The van der Waals surface area contributed by atoms with Crippen LogP contribution in [0, 0.1) is 39.3 Å². The highest BCUT2D eigenvalue weighted by Gasteiger charge is 2.34. The summed E-state index contributed by atoms with van der Waals surface area (Å²) >= 11 is 0. The molecule has 19 nitrogen and oxygen atoms in total. The molecule has 1 amide bonds. The molecule has 0 radical (unpaired) electrons. The summed E-state index contributed by atoms with van der Waals surface area (Å²) in [5.41, 5.74) is 26.5. The zero-order valence-corrected chi connectivity index (χ0v) is 36.8. The second kappa shape index (κ2) is 21.4. The first-order valence-corrected chi connectivity index (χ1v) is 22.1. The van der Waals surface area contributed by atoms with Gasteiger partial charge in [-0.2, -0.15) is 4.72 Å². The molecule has 4 rings (SSSR count). The van der Waals surface area contributed by atoms with Crippen LogP contribution in [0.3, 0.4) is 0 Å². The zero-order valence-electron chi connectivity index (χ0n) is 35.2. The van der Waals surface area contributed by atoms with Crippen LogP contribution in [0.15, 0.2) is 56.2 Å². The van der Waals surface area contributed by atoms with Gasteiger partial charge in [0.1, 0.15) is 29.2 Å². The number of carbonyl (C=O) groups excluding carboxylic acids is 1. The molecule has 23 heteroatoms.